The van der Waals surface area contributed by atoms with Crippen LogP contribution >= 0.6 is 11.6 Å². The van der Waals surface area contributed by atoms with Gasteiger partial charge < -0.3 is 10.3 Å². The zero-order chi connectivity index (χ0) is 21.7. The summed E-state index contributed by atoms with van der Waals surface area (Å²) < 4.78 is 0. The molecule has 1 amide bonds. The van der Waals surface area contributed by atoms with Gasteiger partial charge in [-0.1, -0.05) is 54.1 Å². The van der Waals surface area contributed by atoms with E-state index in [1.54, 1.807) is 26.0 Å². The number of hydrogen-bond acceptors (Lipinski definition) is 3. The van der Waals surface area contributed by atoms with Gasteiger partial charge in [0.25, 0.3) is 5.56 Å². The molecule has 0 spiro atoms. The van der Waals surface area contributed by atoms with Crippen LogP contribution in [0.25, 0.3) is 0 Å². The van der Waals surface area contributed by atoms with E-state index < -0.39 is 5.56 Å². The van der Waals surface area contributed by atoms with Crippen LogP contribution < -0.4 is 10.9 Å². The van der Waals surface area contributed by atoms with Crippen molar-refractivity contribution < 1.29 is 4.79 Å². The topological polar surface area (TPSA) is 85.8 Å². The van der Waals surface area contributed by atoms with Crippen molar-refractivity contribution in [2.75, 3.05) is 0 Å². The molecule has 0 bridgehead atoms. The van der Waals surface area contributed by atoms with Gasteiger partial charge >= 0.3 is 0 Å². The molecule has 0 aliphatic rings. The molecule has 0 saturated heterocycles. The molecule has 0 aliphatic carbocycles. The maximum atomic E-state index is 12.8. The van der Waals surface area contributed by atoms with Crippen LogP contribution in [0.4, 0.5) is 0 Å². The second-order valence-corrected chi connectivity index (χ2v) is 7.57. The number of aromatic amines is 1. The summed E-state index contributed by atoms with van der Waals surface area (Å²) in [6.07, 6.45) is 0.659. The number of hydrogen-bond donors (Lipinski definition) is 2. The van der Waals surface area contributed by atoms with Gasteiger partial charge in [-0.05, 0) is 54.7 Å². The van der Waals surface area contributed by atoms with Gasteiger partial charge in [0, 0.05) is 17.1 Å². The third-order valence-electron chi connectivity index (χ3n) is 5.16. The Balaban J connectivity index is 1.80. The average molecular weight is 420 g/mol. The van der Waals surface area contributed by atoms with E-state index in [0.29, 0.717) is 22.7 Å². The normalized spacial score (nSPS) is 11.5. The number of nitrogens with one attached hydrogen (secondary N) is 2. The Morgan fingerprint density at radius 1 is 1.10 bits per heavy atom. The minimum Gasteiger partial charge on any atom is -0.345 e. The summed E-state index contributed by atoms with van der Waals surface area (Å²) in [6, 6.07) is 18.8. The number of halogens is 1. The Morgan fingerprint density at radius 2 is 1.73 bits per heavy atom. The van der Waals surface area contributed by atoms with Gasteiger partial charge in [0.1, 0.15) is 11.6 Å². The Labute approximate surface area is 180 Å². The van der Waals surface area contributed by atoms with E-state index in [1.165, 1.54) is 0 Å². The van der Waals surface area contributed by atoms with E-state index >= 15 is 0 Å². The van der Waals surface area contributed by atoms with Crippen LogP contribution in [0.2, 0.25) is 5.02 Å². The lowest BCUT2D eigenvalue weighted by Gasteiger charge is -2.20. The highest BCUT2D eigenvalue weighted by molar-refractivity contribution is 6.30. The Bertz CT molecular complexity index is 1150. The first-order valence-electron chi connectivity index (χ1n) is 9.63. The number of rotatable bonds is 6. The van der Waals surface area contributed by atoms with E-state index in [-0.39, 0.29) is 23.9 Å². The van der Waals surface area contributed by atoms with E-state index in [1.807, 2.05) is 48.5 Å². The smallest absolute Gasteiger partial charge is 0.266 e. The molecule has 0 radical (unpaired) electrons. The van der Waals surface area contributed by atoms with E-state index in [2.05, 4.69) is 10.3 Å². The number of benzene rings is 2. The van der Waals surface area contributed by atoms with Crippen molar-refractivity contribution in [1.29, 1.82) is 5.26 Å². The second kappa shape index (κ2) is 9.43. The highest BCUT2D eigenvalue weighted by Crippen LogP contribution is 2.24. The van der Waals surface area contributed by atoms with Crippen LogP contribution in [0.15, 0.2) is 59.4 Å². The van der Waals surface area contributed by atoms with Crippen LogP contribution in [-0.2, 0) is 11.2 Å². The summed E-state index contributed by atoms with van der Waals surface area (Å²) in [4.78, 5) is 27.4. The summed E-state index contributed by atoms with van der Waals surface area (Å²) in [5.41, 5.74) is 3.74. The van der Waals surface area contributed by atoms with Crippen molar-refractivity contribution in [3.8, 4) is 6.07 Å². The fourth-order valence-electron chi connectivity index (χ4n) is 3.55. The van der Waals surface area contributed by atoms with Crippen molar-refractivity contribution in [1.82, 2.24) is 10.3 Å². The Kier molecular flexibility index (Phi) is 6.71. The fraction of sp³-hybridized carbons (Fsp3) is 0.208. The molecule has 1 aromatic heterocycles. The number of nitriles is 1. The predicted molar refractivity (Wildman–Crippen MR) is 117 cm³/mol. The molecule has 0 saturated carbocycles. The lowest BCUT2D eigenvalue weighted by Crippen LogP contribution is -2.29. The van der Waals surface area contributed by atoms with E-state index in [4.69, 9.17) is 11.6 Å². The lowest BCUT2D eigenvalue weighted by molar-refractivity contribution is -0.121. The van der Waals surface area contributed by atoms with Crippen LogP contribution in [0.1, 0.15) is 46.0 Å². The van der Waals surface area contributed by atoms with Crippen molar-refractivity contribution in [3.63, 3.8) is 0 Å². The molecule has 0 fully saturated rings. The number of H-pyrrole nitrogens is 1. The molecule has 6 heteroatoms. The molecule has 30 heavy (non-hydrogen) atoms. The number of nitrogens with zero attached hydrogens (tertiary/aromatic N) is 1. The highest BCUT2D eigenvalue weighted by atomic mass is 35.5. The molecule has 3 rings (SSSR count). The van der Waals surface area contributed by atoms with Crippen LogP contribution in [0.3, 0.4) is 0 Å². The first kappa shape index (κ1) is 21.4. The van der Waals surface area contributed by atoms with E-state index in [0.717, 1.165) is 16.7 Å². The summed E-state index contributed by atoms with van der Waals surface area (Å²) in [6.45, 7) is 3.53. The van der Waals surface area contributed by atoms with Crippen LogP contribution in [0.5, 0.6) is 0 Å². The van der Waals surface area contributed by atoms with Crippen LogP contribution in [-0.4, -0.2) is 10.9 Å². The standard InChI is InChI=1S/C24H22ClN3O2/c1-15-20(16(2)27-24(30)21(15)14-26)12-13-22(29)28-23(17-6-4-3-5-7-17)18-8-10-19(25)11-9-18/h3-11,23H,12-13H2,1-2H3,(H,27,30)(H,28,29). The third-order valence-corrected chi connectivity index (χ3v) is 5.42. The maximum absolute atomic E-state index is 12.8. The molecule has 2 aromatic carbocycles. The Hall–Kier alpha value is -3.36. The van der Waals surface area contributed by atoms with Crippen molar-refractivity contribution >= 4 is 17.5 Å². The average Bonchev–Trinajstić information content (AvgIpc) is 2.73. The van der Waals surface area contributed by atoms with Crippen molar-refractivity contribution in [2.45, 2.75) is 32.7 Å². The fourth-order valence-corrected chi connectivity index (χ4v) is 3.68. The number of carbonyl (C=O) groups is 1. The number of pyridine rings is 1. The summed E-state index contributed by atoms with van der Waals surface area (Å²) in [7, 11) is 0. The zero-order valence-electron chi connectivity index (χ0n) is 16.8. The van der Waals surface area contributed by atoms with Gasteiger partial charge in [0.2, 0.25) is 5.91 Å². The number of carbonyl (C=O) groups excluding carboxylic acids is 1. The van der Waals surface area contributed by atoms with E-state index in [9.17, 15) is 14.9 Å². The lowest BCUT2D eigenvalue weighted by atomic mass is 9.97. The zero-order valence-corrected chi connectivity index (χ0v) is 17.6. The monoisotopic (exact) mass is 419 g/mol. The molecule has 0 aliphatic heterocycles. The quantitative estimate of drug-likeness (QED) is 0.622. The van der Waals surface area contributed by atoms with Gasteiger partial charge in [-0.15, -0.1) is 0 Å². The molecule has 5 nitrogen and oxygen atoms in total. The predicted octanol–water partition coefficient (Wildman–Crippen LogP) is 4.36. The minimum absolute atomic E-state index is 0.0966. The largest absolute Gasteiger partial charge is 0.345 e. The van der Waals surface area contributed by atoms with Gasteiger partial charge in [0.05, 0.1) is 6.04 Å². The minimum atomic E-state index is -0.396. The van der Waals surface area contributed by atoms with Gasteiger partial charge in [-0.3, -0.25) is 9.59 Å². The highest BCUT2D eigenvalue weighted by Gasteiger charge is 2.18. The molecular formula is C24H22ClN3O2. The number of aryl methyl sites for hydroxylation is 1. The number of amides is 1. The molecule has 1 unspecified atom stereocenters. The van der Waals surface area contributed by atoms with Gasteiger partial charge in [-0.2, -0.15) is 5.26 Å². The van der Waals surface area contributed by atoms with Crippen LogP contribution in [0, 0.1) is 25.2 Å². The second-order valence-electron chi connectivity index (χ2n) is 7.13. The van der Waals surface area contributed by atoms with Crippen molar-refractivity contribution in [2.24, 2.45) is 0 Å². The third kappa shape index (κ3) is 4.79. The number of aromatic nitrogens is 1. The summed E-state index contributed by atoms with van der Waals surface area (Å²) >= 11 is 6.02. The molecule has 3 aromatic rings. The molecule has 152 valence electrons. The Morgan fingerprint density at radius 3 is 2.37 bits per heavy atom. The molecule has 1 heterocycles. The molecular weight excluding hydrogens is 398 g/mol. The molecule has 1 atom stereocenters. The maximum Gasteiger partial charge on any atom is 0.266 e. The summed E-state index contributed by atoms with van der Waals surface area (Å²) in [5.74, 6) is -0.123. The first-order valence-corrected chi connectivity index (χ1v) is 10.0. The SMILES string of the molecule is Cc1[nH]c(=O)c(C#N)c(C)c1CCC(=O)NC(c1ccccc1)c1ccc(Cl)cc1. The summed E-state index contributed by atoms with van der Waals surface area (Å²) in [5, 5.41) is 13.0. The first-order chi connectivity index (χ1) is 14.4. The van der Waals surface area contributed by atoms with Gasteiger partial charge in [-0.25, -0.2) is 0 Å². The molecule has 2 N–H and O–H groups in total. The van der Waals surface area contributed by atoms with Crippen molar-refractivity contribution in [3.05, 3.63) is 103 Å². The van der Waals surface area contributed by atoms with Gasteiger partial charge in [0.15, 0.2) is 0 Å².